The van der Waals surface area contributed by atoms with Crippen LogP contribution in [0.4, 0.5) is 0 Å². The number of aliphatic imine (C=N–C) groups is 1. The maximum Gasteiger partial charge on any atom is 0.191 e. The molecule has 1 aromatic rings. The van der Waals surface area contributed by atoms with Crippen molar-refractivity contribution in [2.24, 2.45) is 10.9 Å². The number of guanidine groups is 1. The zero-order valence-corrected chi connectivity index (χ0v) is 12.6. The van der Waals surface area contributed by atoms with E-state index in [1.807, 2.05) is 19.2 Å². The van der Waals surface area contributed by atoms with Crippen LogP contribution in [0.2, 0.25) is 0 Å². The van der Waals surface area contributed by atoms with Crippen LogP contribution in [0.25, 0.3) is 0 Å². The Morgan fingerprint density at radius 2 is 2.40 bits per heavy atom. The Morgan fingerprint density at radius 3 is 3.10 bits per heavy atom. The molecule has 1 unspecified atom stereocenters. The SMILES string of the molecule is CN=C(NCCc1ccco1)NCC1CCCN(C)C1. The third-order valence-electron chi connectivity index (χ3n) is 3.75. The van der Waals surface area contributed by atoms with Crippen LogP contribution in [0.3, 0.4) is 0 Å². The standard InChI is InChI=1S/C15H26N4O/c1-16-15(17-8-7-14-6-4-10-20-14)18-11-13-5-3-9-19(2)12-13/h4,6,10,13H,3,5,7-9,11-12H2,1-2H3,(H2,16,17,18). The van der Waals surface area contributed by atoms with Crippen molar-refractivity contribution in [1.29, 1.82) is 0 Å². The molecule has 2 N–H and O–H groups in total. The lowest BCUT2D eigenvalue weighted by atomic mass is 9.99. The van der Waals surface area contributed by atoms with Gasteiger partial charge in [0.25, 0.3) is 0 Å². The normalized spacial score (nSPS) is 20.9. The molecular weight excluding hydrogens is 252 g/mol. The van der Waals surface area contributed by atoms with E-state index in [1.165, 1.54) is 25.9 Å². The molecule has 0 aliphatic carbocycles. The van der Waals surface area contributed by atoms with Gasteiger partial charge in [-0.15, -0.1) is 0 Å². The van der Waals surface area contributed by atoms with E-state index in [0.717, 1.165) is 37.1 Å². The Balaban J connectivity index is 1.64. The first kappa shape index (κ1) is 14.9. The minimum Gasteiger partial charge on any atom is -0.469 e. The van der Waals surface area contributed by atoms with Crippen molar-refractivity contribution in [2.45, 2.75) is 19.3 Å². The molecule has 1 saturated heterocycles. The molecule has 2 heterocycles. The van der Waals surface area contributed by atoms with Gasteiger partial charge in [0.1, 0.15) is 5.76 Å². The second-order valence-electron chi connectivity index (χ2n) is 5.48. The van der Waals surface area contributed by atoms with E-state index >= 15 is 0 Å². The Morgan fingerprint density at radius 1 is 1.50 bits per heavy atom. The quantitative estimate of drug-likeness (QED) is 0.630. The number of furan rings is 1. The predicted octanol–water partition coefficient (Wildman–Crippen LogP) is 1.33. The average Bonchev–Trinajstić information content (AvgIpc) is 2.96. The summed E-state index contributed by atoms with van der Waals surface area (Å²) in [6.07, 6.45) is 5.19. The Hall–Kier alpha value is -1.49. The van der Waals surface area contributed by atoms with E-state index in [-0.39, 0.29) is 0 Å². The summed E-state index contributed by atoms with van der Waals surface area (Å²) >= 11 is 0. The van der Waals surface area contributed by atoms with Gasteiger partial charge in [-0.1, -0.05) is 0 Å². The van der Waals surface area contributed by atoms with E-state index in [9.17, 15) is 0 Å². The second-order valence-corrected chi connectivity index (χ2v) is 5.48. The molecule has 1 atom stereocenters. The fourth-order valence-electron chi connectivity index (χ4n) is 2.66. The van der Waals surface area contributed by atoms with Crippen LogP contribution in [0.5, 0.6) is 0 Å². The molecule has 0 saturated carbocycles. The number of hydrogen-bond donors (Lipinski definition) is 2. The number of piperidine rings is 1. The number of nitrogens with zero attached hydrogens (tertiary/aromatic N) is 2. The zero-order chi connectivity index (χ0) is 14.2. The van der Waals surface area contributed by atoms with Crippen LogP contribution >= 0.6 is 0 Å². The maximum atomic E-state index is 5.31. The van der Waals surface area contributed by atoms with E-state index in [4.69, 9.17) is 4.42 Å². The molecule has 5 heteroatoms. The number of nitrogens with one attached hydrogen (secondary N) is 2. The fraction of sp³-hybridized carbons (Fsp3) is 0.667. The van der Waals surface area contributed by atoms with Gasteiger partial charge in [0.05, 0.1) is 6.26 Å². The summed E-state index contributed by atoms with van der Waals surface area (Å²) in [5.41, 5.74) is 0. The first-order chi connectivity index (χ1) is 9.78. The smallest absolute Gasteiger partial charge is 0.191 e. The zero-order valence-electron chi connectivity index (χ0n) is 12.6. The molecule has 0 spiro atoms. The third kappa shape index (κ3) is 4.89. The van der Waals surface area contributed by atoms with E-state index in [0.29, 0.717) is 0 Å². The summed E-state index contributed by atoms with van der Waals surface area (Å²) in [6.45, 7) is 4.23. The first-order valence-corrected chi connectivity index (χ1v) is 7.43. The van der Waals surface area contributed by atoms with E-state index < -0.39 is 0 Å². The van der Waals surface area contributed by atoms with Crippen molar-refractivity contribution < 1.29 is 4.42 Å². The van der Waals surface area contributed by atoms with E-state index in [2.05, 4.69) is 27.6 Å². The lowest BCUT2D eigenvalue weighted by Gasteiger charge is -2.30. The summed E-state index contributed by atoms with van der Waals surface area (Å²) in [4.78, 5) is 6.67. The van der Waals surface area contributed by atoms with Crippen LogP contribution in [-0.4, -0.2) is 51.1 Å². The number of rotatable bonds is 5. The summed E-state index contributed by atoms with van der Waals surface area (Å²) in [5.74, 6) is 2.60. The molecule has 0 amide bonds. The lowest BCUT2D eigenvalue weighted by molar-refractivity contribution is 0.210. The van der Waals surface area contributed by atoms with Crippen LogP contribution in [0.15, 0.2) is 27.8 Å². The van der Waals surface area contributed by atoms with Gasteiger partial charge in [-0.25, -0.2) is 0 Å². The molecule has 1 fully saturated rings. The molecule has 1 aliphatic rings. The van der Waals surface area contributed by atoms with Gasteiger partial charge in [0.15, 0.2) is 5.96 Å². The molecule has 20 heavy (non-hydrogen) atoms. The van der Waals surface area contributed by atoms with Gasteiger partial charge in [-0.2, -0.15) is 0 Å². The van der Waals surface area contributed by atoms with Gasteiger partial charge in [-0.3, -0.25) is 4.99 Å². The summed E-state index contributed by atoms with van der Waals surface area (Å²) in [5, 5.41) is 6.75. The molecule has 112 valence electrons. The van der Waals surface area contributed by atoms with Crippen molar-refractivity contribution >= 4 is 5.96 Å². The van der Waals surface area contributed by atoms with Crippen LogP contribution in [0, 0.1) is 5.92 Å². The van der Waals surface area contributed by atoms with Crippen LogP contribution in [0.1, 0.15) is 18.6 Å². The highest BCUT2D eigenvalue weighted by molar-refractivity contribution is 5.79. The molecule has 5 nitrogen and oxygen atoms in total. The maximum absolute atomic E-state index is 5.31. The van der Waals surface area contributed by atoms with Crippen molar-refractivity contribution in [3.8, 4) is 0 Å². The van der Waals surface area contributed by atoms with E-state index in [1.54, 1.807) is 6.26 Å². The molecule has 2 rings (SSSR count). The van der Waals surface area contributed by atoms with Crippen LogP contribution in [-0.2, 0) is 6.42 Å². The number of likely N-dealkylation sites (tertiary alicyclic amines) is 1. The Bertz CT molecular complexity index is 402. The lowest BCUT2D eigenvalue weighted by Crippen LogP contribution is -2.44. The highest BCUT2D eigenvalue weighted by Gasteiger charge is 2.17. The highest BCUT2D eigenvalue weighted by Crippen LogP contribution is 2.13. The van der Waals surface area contributed by atoms with Gasteiger partial charge in [0.2, 0.25) is 0 Å². The minimum absolute atomic E-state index is 0.720. The minimum atomic E-state index is 0.720. The molecular formula is C15H26N4O. The molecule has 0 bridgehead atoms. The topological polar surface area (TPSA) is 52.8 Å². The largest absolute Gasteiger partial charge is 0.469 e. The van der Waals surface area contributed by atoms with Crippen molar-refractivity contribution in [1.82, 2.24) is 15.5 Å². The van der Waals surface area contributed by atoms with Crippen LogP contribution < -0.4 is 10.6 Å². The highest BCUT2D eigenvalue weighted by atomic mass is 16.3. The Labute approximate surface area is 121 Å². The third-order valence-corrected chi connectivity index (χ3v) is 3.75. The van der Waals surface area contributed by atoms with Gasteiger partial charge < -0.3 is 20.0 Å². The Kier molecular flexibility index (Phi) is 5.92. The summed E-state index contributed by atoms with van der Waals surface area (Å²) in [7, 11) is 4.01. The second kappa shape index (κ2) is 7.94. The summed E-state index contributed by atoms with van der Waals surface area (Å²) in [6, 6.07) is 3.91. The molecule has 1 aromatic heterocycles. The first-order valence-electron chi connectivity index (χ1n) is 7.43. The van der Waals surface area contributed by atoms with Crippen molar-refractivity contribution in [3.05, 3.63) is 24.2 Å². The number of hydrogen-bond acceptors (Lipinski definition) is 3. The molecule has 0 aromatic carbocycles. The van der Waals surface area contributed by atoms with Gasteiger partial charge >= 0.3 is 0 Å². The van der Waals surface area contributed by atoms with Gasteiger partial charge in [-0.05, 0) is 44.5 Å². The fourth-order valence-corrected chi connectivity index (χ4v) is 2.66. The predicted molar refractivity (Wildman–Crippen MR) is 82.0 cm³/mol. The monoisotopic (exact) mass is 278 g/mol. The molecule has 0 radical (unpaired) electrons. The summed E-state index contributed by atoms with van der Waals surface area (Å²) < 4.78 is 5.31. The molecule has 1 aliphatic heterocycles. The van der Waals surface area contributed by atoms with Crippen molar-refractivity contribution in [2.75, 3.05) is 40.3 Å². The average molecular weight is 278 g/mol. The van der Waals surface area contributed by atoms with Crippen molar-refractivity contribution in [3.63, 3.8) is 0 Å². The van der Waals surface area contributed by atoms with Gasteiger partial charge in [0, 0.05) is 33.1 Å².